The van der Waals surface area contributed by atoms with E-state index in [9.17, 15) is 10.5 Å². The van der Waals surface area contributed by atoms with Crippen molar-refractivity contribution in [2.24, 2.45) is 0 Å². The summed E-state index contributed by atoms with van der Waals surface area (Å²) in [6.07, 6.45) is 6.90. The number of ether oxygens (including phenoxy) is 1. The maximum Gasteiger partial charge on any atom is 0.119 e. The Hall–Kier alpha value is -3.56. The Balaban J connectivity index is 1.70. The Morgan fingerprint density at radius 1 is 0.656 bits per heavy atom. The third-order valence-corrected chi connectivity index (χ3v) is 5.80. The Bertz CT molecular complexity index is 1100. The van der Waals surface area contributed by atoms with Crippen molar-refractivity contribution in [1.29, 1.82) is 10.5 Å². The molecule has 0 unspecified atom stereocenters. The second-order valence-electron chi connectivity index (χ2n) is 7.96. The van der Waals surface area contributed by atoms with E-state index in [0.29, 0.717) is 11.1 Å². The molecule has 3 heteroatoms. The van der Waals surface area contributed by atoms with Crippen molar-refractivity contribution in [1.82, 2.24) is 0 Å². The Morgan fingerprint density at radius 2 is 1.25 bits per heavy atom. The van der Waals surface area contributed by atoms with Crippen LogP contribution >= 0.6 is 0 Å². The van der Waals surface area contributed by atoms with Crippen LogP contribution in [-0.2, 0) is 6.42 Å². The monoisotopic (exact) mass is 422 g/mol. The number of nitriles is 2. The van der Waals surface area contributed by atoms with E-state index in [1.54, 1.807) is 0 Å². The number of unbranched alkanes of at least 4 members (excludes halogenated alkanes) is 4. The normalized spacial score (nSPS) is 10.4. The molecule has 0 saturated carbocycles. The van der Waals surface area contributed by atoms with Crippen molar-refractivity contribution >= 4 is 0 Å². The van der Waals surface area contributed by atoms with Gasteiger partial charge < -0.3 is 4.74 Å². The number of hydrogen-bond donors (Lipinski definition) is 0. The lowest BCUT2D eigenvalue weighted by Gasteiger charge is -2.11. The average Bonchev–Trinajstić information content (AvgIpc) is 2.85. The predicted molar refractivity (Wildman–Crippen MR) is 130 cm³/mol. The van der Waals surface area contributed by atoms with Gasteiger partial charge in [-0.2, -0.15) is 10.5 Å². The third kappa shape index (κ3) is 5.57. The first-order valence-corrected chi connectivity index (χ1v) is 11.5. The summed E-state index contributed by atoms with van der Waals surface area (Å²) in [5.41, 5.74) is 5.81. The second kappa shape index (κ2) is 11.7. The van der Waals surface area contributed by atoms with Gasteiger partial charge in [0.2, 0.25) is 0 Å². The first-order valence-electron chi connectivity index (χ1n) is 11.5. The molecular weight excluding hydrogens is 392 g/mol. The van der Waals surface area contributed by atoms with Crippen molar-refractivity contribution in [3.05, 3.63) is 77.4 Å². The molecule has 0 heterocycles. The molecule has 0 aliphatic heterocycles. The highest BCUT2D eigenvalue weighted by Crippen LogP contribution is 2.30. The Morgan fingerprint density at radius 3 is 1.84 bits per heavy atom. The fraction of sp³-hybridized carbons (Fsp3) is 0.310. The van der Waals surface area contributed by atoms with E-state index in [0.717, 1.165) is 53.0 Å². The van der Waals surface area contributed by atoms with Gasteiger partial charge in [-0.3, -0.25) is 0 Å². The quantitative estimate of drug-likeness (QED) is 0.315. The minimum absolute atomic E-state index is 0.454. The van der Waals surface area contributed by atoms with E-state index in [-0.39, 0.29) is 0 Å². The number of hydrogen-bond acceptors (Lipinski definition) is 3. The topological polar surface area (TPSA) is 56.8 Å². The van der Waals surface area contributed by atoms with Crippen LogP contribution < -0.4 is 4.74 Å². The predicted octanol–water partition coefficient (Wildman–Crippen LogP) is 7.68. The number of benzene rings is 3. The van der Waals surface area contributed by atoms with E-state index in [1.165, 1.54) is 25.7 Å². The maximum absolute atomic E-state index is 9.67. The van der Waals surface area contributed by atoms with E-state index in [2.05, 4.69) is 43.3 Å². The van der Waals surface area contributed by atoms with Crippen molar-refractivity contribution in [3.63, 3.8) is 0 Å². The molecule has 0 radical (unpaired) electrons. The molecule has 0 aliphatic rings. The fourth-order valence-electron chi connectivity index (χ4n) is 3.91. The van der Waals surface area contributed by atoms with Crippen molar-refractivity contribution < 1.29 is 4.74 Å². The van der Waals surface area contributed by atoms with E-state index >= 15 is 0 Å². The van der Waals surface area contributed by atoms with Gasteiger partial charge in [0.25, 0.3) is 0 Å². The molecule has 3 aromatic carbocycles. The lowest BCUT2D eigenvalue weighted by Crippen LogP contribution is -1.97. The molecule has 3 nitrogen and oxygen atoms in total. The summed E-state index contributed by atoms with van der Waals surface area (Å²) < 4.78 is 5.86. The molecule has 0 aliphatic carbocycles. The molecule has 0 saturated heterocycles. The van der Waals surface area contributed by atoms with Gasteiger partial charge >= 0.3 is 0 Å². The van der Waals surface area contributed by atoms with Crippen LogP contribution in [0.5, 0.6) is 5.75 Å². The molecule has 32 heavy (non-hydrogen) atoms. The zero-order chi connectivity index (χ0) is 22.8. The minimum atomic E-state index is 0.454. The van der Waals surface area contributed by atoms with Gasteiger partial charge in [0, 0.05) is 5.56 Å². The number of aryl methyl sites for hydroxylation is 1. The lowest BCUT2D eigenvalue weighted by atomic mass is 9.91. The molecule has 0 atom stereocenters. The number of nitrogens with zero attached hydrogens (tertiary/aromatic N) is 2. The van der Waals surface area contributed by atoms with Crippen LogP contribution in [-0.4, -0.2) is 6.61 Å². The minimum Gasteiger partial charge on any atom is -0.494 e. The standard InChI is InChI=1S/C29H30N2O/c1-3-5-6-7-8-19-32-26-16-13-24(14-17-26)23-9-11-25(12-10-23)27-18-15-22(4-2)28(20-30)29(27)21-31/h9-18H,3-8,19H2,1-2H3. The molecule has 0 aromatic heterocycles. The summed E-state index contributed by atoms with van der Waals surface area (Å²) in [6, 6.07) is 24.7. The zero-order valence-electron chi connectivity index (χ0n) is 19.0. The summed E-state index contributed by atoms with van der Waals surface area (Å²) >= 11 is 0. The summed E-state index contributed by atoms with van der Waals surface area (Å²) in [7, 11) is 0. The van der Waals surface area contributed by atoms with Crippen LogP contribution in [0.25, 0.3) is 22.3 Å². The summed E-state index contributed by atoms with van der Waals surface area (Å²) in [6.45, 7) is 4.99. The van der Waals surface area contributed by atoms with Crippen molar-refractivity contribution in [3.8, 4) is 40.1 Å². The third-order valence-electron chi connectivity index (χ3n) is 5.80. The Kier molecular flexibility index (Phi) is 8.47. The molecule has 0 N–H and O–H groups in total. The second-order valence-corrected chi connectivity index (χ2v) is 7.96. The molecular formula is C29H30N2O. The van der Waals surface area contributed by atoms with Crippen LogP contribution in [0, 0.1) is 22.7 Å². The van der Waals surface area contributed by atoms with Gasteiger partial charge in [-0.1, -0.05) is 88.1 Å². The van der Waals surface area contributed by atoms with Crippen molar-refractivity contribution in [2.45, 2.75) is 52.4 Å². The van der Waals surface area contributed by atoms with E-state index in [1.807, 2.05) is 43.3 Å². The maximum atomic E-state index is 9.67. The summed E-state index contributed by atoms with van der Waals surface area (Å²) in [4.78, 5) is 0. The van der Waals surface area contributed by atoms with Gasteiger partial charge in [0.05, 0.1) is 17.7 Å². The first-order chi connectivity index (χ1) is 15.7. The van der Waals surface area contributed by atoms with Gasteiger partial charge in [0.15, 0.2) is 0 Å². The van der Waals surface area contributed by atoms with Crippen LogP contribution in [0.1, 0.15) is 62.6 Å². The van der Waals surface area contributed by atoms with Gasteiger partial charge in [-0.25, -0.2) is 0 Å². The smallest absolute Gasteiger partial charge is 0.119 e. The van der Waals surface area contributed by atoms with Crippen LogP contribution in [0.15, 0.2) is 60.7 Å². The molecule has 162 valence electrons. The van der Waals surface area contributed by atoms with Gasteiger partial charge in [-0.05, 0) is 47.2 Å². The van der Waals surface area contributed by atoms with Crippen LogP contribution in [0.3, 0.4) is 0 Å². The highest BCUT2D eigenvalue weighted by molar-refractivity contribution is 5.77. The zero-order valence-corrected chi connectivity index (χ0v) is 19.0. The van der Waals surface area contributed by atoms with E-state index in [4.69, 9.17) is 4.74 Å². The molecule has 0 bridgehead atoms. The fourth-order valence-corrected chi connectivity index (χ4v) is 3.91. The van der Waals surface area contributed by atoms with Gasteiger partial charge in [0.1, 0.15) is 17.9 Å². The Labute approximate surface area is 191 Å². The first kappa shape index (κ1) is 23.1. The van der Waals surface area contributed by atoms with Crippen LogP contribution in [0.4, 0.5) is 0 Å². The largest absolute Gasteiger partial charge is 0.494 e. The van der Waals surface area contributed by atoms with Crippen LogP contribution in [0.2, 0.25) is 0 Å². The average molecular weight is 423 g/mol. The SMILES string of the molecule is CCCCCCCOc1ccc(-c2ccc(-c3ccc(CC)c(C#N)c3C#N)cc2)cc1. The molecule has 3 rings (SSSR count). The highest BCUT2D eigenvalue weighted by atomic mass is 16.5. The number of rotatable bonds is 10. The molecule has 0 amide bonds. The van der Waals surface area contributed by atoms with Gasteiger partial charge in [-0.15, -0.1) is 0 Å². The van der Waals surface area contributed by atoms with E-state index < -0.39 is 0 Å². The lowest BCUT2D eigenvalue weighted by molar-refractivity contribution is 0.304. The summed E-state index contributed by atoms with van der Waals surface area (Å²) in [5.74, 6) is 0.902. The molecule has 0 fully saturated rings. The molecule has 3 aromatic rings. The van der Waals surface area contributed by atoms with Crippen molar-refractivity contribution in [2.75, 3.05) is 6.61 Å². The summed E-state index contributed by atoms with van der Waals surface area (Å²) in [5, 5.41) is 19.2. The molecule has 0 spiro atoms. The highest BCUT2D eigenvalue weighted by Gasteiger charge is 2.13.